The van der Waals surface area contributed by atoms with Gasteiger partial charge < -0.3 is 10.1 Å². The lowest BCUT2D eigenvalue weighted by Gasteiger charge is -2.10. The third-order valence-electron chi connectivity index (χ3n) is 3.56. The average molecular weight is 374 g/mol. The van der Waals surface area contributed by atoms with Crippen molar-refractivity contribution in [1.29, 1.82) is 0 Å². The van der Waals surface area contributed by atoms with Crippen LogP contribution in [0.5, 0.6) is 5.75 Å². The van der Waals surface area contributed by atoms with Gasteiger partial charge in [-0.2, -0.15) is 0 Å². The topological polar surface area (TPSA) is 38.3 Å². The van der Waals surface area contributed by atoms with Crippen LogP contribution in [0.1, 0.15) is 15.9 Å². The first kappa shape index (κ1) is 17.9. The lowest BCUT2D eigenvalue weighted by Crippen LogP contribution is -2.12. The Morgan fingerprint density at radius 1 is 0.962 bits per heavy atom. The van der Waals surface area contributed by atoms with E-state index in [9.17, 15) is 13.6 Å². The maximum absolute atomic E-state index is 13.2. The molecule has 0 aliphatic carbocycles. The highest BCUT2D eigenvalue weighted by molar-refractivity contribution is 6.34. The van der Waals surface area contributed by atoms with Gasteiger partial charge in [0.25, 0.3) is 5.91 Å². The first-order valence-corrected chi connectivity index (χ1v) is 8.13. The van der Waals surface area contributed by atoms with Crippen molar-refractivity contribution in [3.8, 4) is 5.75 Å². The van der Waals surface area contributed by atoms with Crippen molar-refractivity contribution in [2.45, 2.75) is 6.61 Å². The molecule has 0 saturated heterocycles. The lowest BCUT2D eigenvalue weighted by atomic mass is 10.2. The first-order chi connectivity index (χ1) is 12.5. The number of carbonyl (C=O) groups excluding carboxylic acids is 1. The maximum Gasteiger partial charge on any atom is 0.257 e. The number of ether oxygens (including phenoxy) is 1. The lowest BCUT2D eigenvalue weighted by molar-refractivity contribution is 0.102. The quantitative estimate of drug-likeness (QED) is 0.645. The average Bonchev–Trinajstić information content (AvgIpc) is 2.60. The summed E-state index contributed by atoms with van der Waals surface area (Å²) in [6, 6.07) is 16.4. The second-order valence-corrected chi connectivity index (χ2v) is 5.93. The minimum atomic E-state index is -0.515. The van der Waals surface area contributed by atoms with E-state index in [-0.39, 0.29) is 23.0 Å². The first-order valence-electron chi connectivity index (χ1n) is 7.75. The number of amides is 1. The Hall–Kier alpha value is -2.92. The number of halogens is 3. The van der Waals surface area contributed by atoms with Crippen molar-refractivity contribution >= 4 is 23.2 Å². The van der Waals surface area contributed by atoms with Gasteiger partial charge >= 0.3 is 0 Å². The number of nitrogens with one attached hydrogen (secondary N) is 1. The molecule has 132 valence electrons. The van der Waals surface area contributed by atoms with E-state index < -0.39 is 11.7 Å². The summed E-state index contributed by atoms with van der Waals surface area (Å²) in [7, 11) is 0. The Kier molecular flexibility index (Phi) is 5.49. The van der Waals surface area contributed by atoms with E-state index in [1.165, 1.54) is 24.3 Å². The minimum Gasteiger partial charge on any atom is -0.489 e. The number of hydrogen-bond donors (Lipinski definition) is 1. The van der Waals surface area contributed by atoms with Gasteiger partial charge in [0.2, 0.25) is 0 Å². The molecular weight excluding hydrogens is 360 g/mol. The second-order valence-electron chi connectivity index (χ2n) is 5.52. The van der Waals surface area contributed by atoms with Crippen LogP contribution >= 0.6 is 11.6 Å². The molecule has 0 saturated carbocycles. The van der Waals surface area contributed by atoms with Crippen molar-refractivity contribution in [1.82, 2.24) is 0 Å². The molecule has 0 bridgehead atoms. The van der Waals surface area contributed by atoms with Crippen LogP contribution in [0.4, 0.5) is 14.5 Å². The summed E-state index contributed by atoms with van der Waals surface area (Å²) < 4.78 is 31.9. The van der Waals surface area contributed by atoms with E-state index >= 15 is 0 Å². The summed E-state index contributed by atoms with van der Waals surface area (Å²) in [5.41, 5.74) is 1.35. The minimum absolute atomic E-state index is 0.0287. The molecule has 3 aromatic rings. The number of rotatable bonds is 5. The molecular formula is C20H14ClF2NO2. The fraction of sp³-hybridized carbons (Fsp3) is 0.0500. The van der Waals surface area contributed by atoms with Crippen molar-refractivity contribution in [3.05, 3.63) is 94.5 Å². The van der Waals surface area contributed by atoms with Gasteiger partial charge in [-0.1, -0.05) is 29.8 Å². The molecule has 3 nitrogen and oxygen atoms in total. The normalized spacial score (nSPS) is 10.4. The fourth-order valence-electron chi connectivity index (χ4n) is 2.33. The zero-order chi connectivity index (χ0) is 18.5. The number of anilines is 1. The Bertz CT molecular complexity index is 947. The van der Waals surface area contributed by atoms with Crippen LogP contribution in [0.3, 0.4) is 0 Å². The molecule has 0 aliphatic heterocycles. The van der Waals surface area contributed by atoms with Crippen molar-refractivity contribution in [3.63, 3.8) is 0 Å². The van der Waals surface area contributed by atoms with Crippen LogP contribution in [0.25, 0.3) is 0 Å². The standard InChI is InChI=1S/C20H14ClF2NO2/c21-19-10-15(23)7-8-18(19)20(25)24-16-5-2-6-17(11-16)26-12-13-3-1-4-14(22)9-13/h1-11H,12H2,(H,24,25). The Balaban J connectivity index is 1.68. The molecule has 0 aromatic heterocycles. The number of benzene rings is 3. The molecule has 0 aliphatic rings. The van der Waals surface area contributed by atoms with Gasteiger partial charge in [-0.25, -0.2) is 8.78 Å². The predicted molar refractivity (Wildman–Crippen MR) is 96.5 cm³/mol. The molecule has 1 N–H and O–H groups in total. The molecule has 3 rings (SSSR count). The molecule has 0 radical (unpaired) electrons. The van der Waals surface area contributed by atoms with Crippen molar-refractivity contribution in [2.75, 3.05) is 5.32 Å². The van der Waals surface area contributed by atoms with Crippen LogP contribution in [0.2, 0.25) is 5.02 Å². The van der Waals surface area contributed by atoms with Crippen LogP contribution in [0.15, 0.2) is 66.7 Å². The SMILES string of the molecule is O=C(Nc1cccc(OCc2cccc(F)c2)c1)c1ccc(F)cc1Cl. The molecule has 26 heavy (non-hydrogen) atoms. The van der Waals surface area contributed by atoms with Gasteiger partial charge in [-0.15, -0.1) is 0 Å². The summed E-state index contributed by atoms with van der Waals surface area (Å²) >= 11 is 5.90. The van der Waals surface area contributed by atoms with Crippen LogP contribution in [-0.2, 0) is 6.61 Å². The molecule has 3 aromatic carbocycles. The third-order valence-corrected chi connectivity index (χ3v) is 3.87. The highest BCUT2D eigenvalue weighted by atomic mass is 35.5. The van der Waals surface area contributed by atoms with Gasteiger partial charge in [-0.05, 0) is 48.0 Å². The Morgan fingerprint density at radius 3 is 2.50 bits per heavy atom. The summed E-state index contributed by atoms with van der Waals surface area (Å²) in [5.74, 6) is -0.794. The molecule has 0 spiro atoms. The van der Waals surface area contributed by atoms with Gasteiger partial charge in [0.05, 0.1) is 10.6 Å². The highest BCUT2D eigenvalue weighted by Gasteiger charge is 2.11. The smallest absolute Gasteiger partial charge is 0.257 e. The third kappa shape index (κ3) is 4.58. The second kappa shape index (κ2) is 7.97. The van der Waals surface area contributed by atoms with E-state index in [0.717, 1.165) is 6.07 Å². The number of carbonyl (C=O) groups is 1. The monoisotopic (exact) mass is 373 g/mol. The van der Waals surface area contributed by atoms with Gasteiger partial charge in [0.15, 0.2) is 0 Å². The van der Waals surface area contributed by atoms with Crippen molar-refractivity contribution in [2.24, 2.45) is 0 Å². The van der Waals surface area contributed by atoms with E-state index in [1.807, 2.05) is 0 Å². The molecule has 6 heteroatoms. The van der Waals surface area contributed by atoms with Crippen LogP contribution < -0.4 is 10.1 Å². The van der Waals surface area contributed by atoms with Crippen LogP contribution in [0, 0.1) is 11.6 Å². The van der Waals surface area contributed by atoms with E-state index in [4.69, 9.17) is 16.3 Å². The maximum atomic E-state index is 13.2. The highest BCUT2D eigenvalue weighted by Crippen LogP contribution is 2.22. The summed E-state index contributed by atoms with van der Waals surface area (Å²) in [4.78, 5) is 12.3. The summed E-state index contributed by atoms with van der Waals surface area (Å²) in [6.07, 6.45) is 0. The molecule has 0 unspecified atom stereocenters. The molecule has 0 atom stereocenters. The van der Waals surface area contributed by atoms with Gasteiger partial charge in [-0.3, -0.25) is 4.79 Å². The van der Waals surface area contributed by atoms with Crippen LogP contribution in [-0.4, -0.2) is 5.91 Å². The summed E-state index contributed by atoms with van der Waals surface area (Å²) in [6.45, 7) is 0.193. The molecule has 0 heterocycles. The zero-order valence-electron chi connectivity index (χ0n) is 13.5. The zero-order valence-corrected chi connectivity index (χ0v) is 14.3. The fourth-order valence-corrected chi connectivity index (χ4v) is 2.58. The summed E-state index contributed by atoms with van der Waals surface area (Å²) in [5, 5.41) is 2.71. The van der Waals surface area contributed by atoms with Crippen molar-refractivity contribution < 1.29 is 18.3 Å². The van der Waals surface area contributed by atoms with E-state index in [2.05, 4.69) is 5.32 Å². The van der Waals surface area contributed by atoms with Gasteiger partial charge in [0, 0.05) is 11.8 Å². The Morgan fingerprint density at radius 2 is 1.73 bits per heavy atom. The predicted octanol–water partition coefficient (Wildman–Crippen LogP) is 5.45. The molecule has 0 fully saturated rings. The number of hydrogen-bond acceptors (Lipinski definition) is 2. The largest absolute Gasteiger partial charge is 0.489 e. The molecule has 1 amide bonds. The van der Waals surface area contributed by atoms with Gasteiger partial charge in [0.1, 0.15) is 24.0 Å². The van der Waals surface area contributed by atoms with E-state index in [0.29, 0.717) is 17.0 Å². The Labute approximate surface area is 154 Å². The van der Waals surface area contributed by atoms with E-state index in [1.54, 1.807) is 36.4 Å².